The molecule has 1 N–H and O–H groups in total. The van der Waals surface area contributed by atoms with Gasteiger partial charge in [0.05, 0.1) is 11.2 Å². The molecule has 1 aliphatic rings. The molecule has 0 spiro atoms. The van der Waals surface area contributed by atoms with Gasteiger partial charge in [-0.1, -0.05) is 51.1 Å². The third-order valence-corrected chi connectivity index (χ3v) is 6.11. The molecule has 2 aromatic rings. The summed E-state index contributed by atoms with van der Waals surface area (Å²) in [6.45, 7) is 16.5. The Morgan fingerprint density at radius 1 is 0.931 bits per heavy atom. The Balaban J connectivity index is 1.90. The summed E-state index contributed by atoms with van der Waals surface area (Å²) in [7, 11) is -0.460. The number of benzene rings is 2. The van der Waals surface area contributed by atoms with Crippen LogP contribution >= 0.6 is 0 Å². The minimum absolute atomic E-state index is 0.107. The van der Waals surface area contributed by atoms with E-state index in [0.717, 1.165) is 22.3 Å². The Morgan fingerprint density at radius 3 is 2.10 bits per heavy atom. The van der Waals surface area contributed by atoms with Crippen molar-refractivity contribution >= 4 is 24.2 Å². The normalized spacial score (nSPS) is 18.0. The number of carbonyl (C=O) groups excluding carboxylic acids is 1. The average Bonchev–Trinajstić information content (AvgIpc) is 2.83. The van der Waals surface area contributed by atoms with Crippen molar-refractivity contribution < 1.29 is 14.1 Å². The lowest BCUT2D eigenvalue weighted by atomic mass is 9.76. The second kappa shape index (κ2) is 7.30. The highest BCUT2D eigenvalue weighted by atomic mass is 16.7. The molecule has 0 atom stereocenters. The van der Waals surface area contributed by atoms with Crippen LogP contribution in [0, 0.1) is 6.92 Å². The van der Waals surface area contributed by atoms with Crippen LogP contribution in [0.5, 0.6) is 0 Å². The smallest absolute Gasteiger partial charge is 0.399 e. The molecule has 1 aliphatic heterocycles. The first kappa shape index (κ1) is 21.6. The van der Waals surface area contributed by atoms with Crippen LogP contribution < -0.4 is 10.8 Å². The predicted octanol–water partition coefficient (Wildman–Crippen LogP) is 4.84. The van der Waals surface area contributed by atoms with Crippen molar-refractivity contribution in [1.82, 2.24) is 0 Å². The van der Waals surface area contributed by atoms with Gasteiger partial charge in [0.25, 0.3) is 5.91 Å². The average molecular weight is 393 g/mol. The van der Waals surface area contributed by atoms with Gasteiger partial charge in [0.1, 0.15) is 0 Å². The Labute approximate surface area is 175 Å². The van der Waals surface area contributed by atoms with Crippen LogP contribution in [0.15, 0.2) is 42.5 Å². The third kappa shape index (κ3) is 4.12. The highest BCUT2D eigenvalue weighted by molar-refractivity contribution is 6.62. The van der Waals surface area contributed by atoms with Gasteiger partial charge in [-0.25, -0.2) is 0 Å². The standard InChI is InChI=1S/C24H32BNO3/c1-16-19(25-28-23(5,6)24(7,8)29-25)14-11-15-20(16)26-21(27)17-12-9-10-13-18(17)22(2,3)4/h9-15H,1-8H3,(H,26,27). The van der Waals surface area contributed by atoms with E-state index in [2.05, 4.69) is 26.1 Å². The minimum atomic E-state index is -0.460. The van der Waals surface area contributed by atoms with E-state index in [9.17, 15) is 4.79 Å². The Bertz CT molecular complexity index is 912. The first-order valence-electron chi connectivity index (χ1n) is 10.2. The van der Waals surface area contributed by atoms with Crippen LogP contribution in [-0.4, -0.2) is 24.2 Å². The lowest BCUT2D eigenvalue weighted by Gasteiger charge is -2.32. The molecule has 1 heterocycles. The molecule has 2 aromatic carbocycles. The van der Waals surface area contributed by atoms with E-state index in [1.54, 1.807) is 0 Å². The molecule has 0 unspecified atom stereocenters. The van der Waals surface area contributed by atoms with E-state index in [-0.39, 0.29) is 11.3 Å². The summed E-state index contributed by atoms with van der Waals surface area (Å²) in [6, 6.07) is 13.6. The van der Waals surface area contributed by atoms with Crippen LogP contribution in [0.2, 0.25) is 0 Å². The highest BCUT2D eigenvalue weighted by Gasteiger charge is 2.52. The van der Waals surface area contributed by atoms with E-state index < -0.39 is 18.3 Å². The van der Waals surface area contributed by atoms with E-state index in [4.69, 9.17) is 9.31 Å². The van der Waals surface area contributed by atoms with Crippen molar-refractivity contribution in [1.29, 1.82) is 0 Å². The molecule has 3 rings (SSSR count). The lowest BCUT2D eigenvalue weighted by molar-refractivity contribution is 0.00578. The van der Waals surface area contributed by atoms with Gasteiger partial charge in [-0.15, -0.1) is 0 Å². The maximum absolute atomic E-state index is 13.1. The number of nitrogens with one attached hydrogen (secondary N) is 1. The molecular weight excluding hydrogens is 361 g/mol. The SMILES string of the molecule is Cc1c(NC(=O)c2ccccc2C(C)(C)C)cccc1B1OC(C)(C)C(C)(C)O1. The Hall–Kier alpha value is -2.11. The van der Waals surface area contributed by atoms with Gasteiger partial charge in [-0.2, -0.15) is 0 Å². The number of rotatable bonds is 3. The van der Waals surface area contributed by atoms with Crippen LogP contribution in [-0.2, 0) is 14.7 Å². The van der Waals surface area contributed by atoms with Crippen molar-refractivity contribution in [3.63, 3.8) is 0 Å². The Kier molecular flexibility index (Phi) is 5.44. The van der Waals surface area contributed by atoms with Gasteiger partial charge in [-0.3, -0.25) is 4.79 Å². The highest BCUT2D eigenvalue weighted by Crippen LogP contribution is 2.37. The van der Waals surface area contributed by atoms with E-state index in [1.807, 2.05) is 77.1 Å². The van der Waals surface area contributed by atoms with Gasteiger partial charge < -0.3 is 14.6 Å². The summed E-state index contributed by atoms with van der Waals surface area (Å²) in [5, 5.41) is 3.09. The summed E-state index contributed by atoms with van der Waals surface area (Å²) < 4.78 is 12.4. The summed E-state index contributed by atoms with van der Waals surface area (Å²) in [4.78, 5) is 13.1. The van der Waals surface area contributed by atoms with Crippen LogP contribution in [0.3, 0.4) is 0 Å². The summed E-state index contributed by atoms with van der Waals surface area (Å²) in [5.74, 6) is -0.107. The van der Waals surface area contributed by atoms with Crippen LogP contribution in [0.1, 0.15) is 70.0 Å². The summed E-state index contributed by atoms with van der Waals surface area (Å²) in [5.41, 5.74) is 3.44. The maximum atomic E-state index is 13.1. The molecule has 1 fully saturated rings. The fourth-order valence-electron chi connectivity index (χ4n) is 3.54. The number of anilines is 1. The van der Waals surface area contributed by atoms with Crippen molar-refractivity contribution in [2.24, 2.45) is 0 Å². The van der Waals surface area contributed by atoms with Gasteiger partial charge in [-0.05, 0) is 68.8 Å². The van der Waals surface area contributed by atoms with Crippen molar-refractivity contribution in [2.75, 3.05) is 5.32 Å². The molecule has 0 bridgehead atoms. The zero-order chi connectivity index (χ0) is 21.6. The number of hydrogen-bond acceptors (Lipinski definition) is 3. The molecule has 0 aromatic heterocycles. The fraction of sp³-hybridized carbons (Fsp3) is 0.458. The fourth-order valence-corrected chi connectivity index (χ4v) is 3.54. The van der Waals surface area contributed by atoms with Crippen LogP contribution in [0.25, 0.3) is 0 Å². The Morgan fingerprint density at radius 2 is 1.52 bits per heavy atom. The summed E-state index contributed by atoms with van der Waals surface area (Å²) >= 11 is 0. The van der Waals surface area contributed by atoms with Crippen molar-refractivity contribution in [2.45, 2.75) is 72.0 Å². The van der Waals surface area contributed by atoms with Gasteiger partial charge in [0, 0.05) is 11.3 Å². The quantitative estimate of drug-likeness (QED) is 0.759. The largest absolute Gasteiger partial charge is 0.495 e. The maximum Gasteiger partial charge on any atom is 0.495 e. The van der Waals surface area contributed by atoms with Crippen molar-refractivity contribution in [3.8, 4) is 0 Å². The number of amides is 1. The molecule has 4 nitrogen and oxygen atoms in total. The lowest BCUT2D eigenvalue weighted by Crippen LogP contribution is -2.41. The molecule has 5 heteroatoms. The van der Waals surface area contributed by atoms with Gasteiger partial charge >= 0.3 is 7.12 Å². The molecule has 154 valence electrons. The topological polar surface area (TPSA) is 47.6 Å². The van der Waals surface area contributed by atoms with Gasteiger partial charge in [0.2, 0.25) is 0 Å². The molecule has 0 saturated carbocycles. The van der Waals surface area contributed by atoms with Crippen molar-refractivity contribution in [3.05, 3.63) is 59.2 Å². The minimum Gasteiger partial charge on any atom is -0.399 e. The molecule has 0 radical (unpaired) electrons. The summed E-state index contributed by atoms with van der Waals surface area (Å²) in [6.07, 6.45) is 0. The number of hydrogen-bond donors (Lipinski definition) is 1. The first-order valence-corrected chi connectivity index (χ1v) is 10.2. The second-order valence-corrected chi connectivity index (χ2v) is 9.86. The predicted molar refractivity (Wildman–Crippen MR) is 120 cm³/mol. The van der Waals surface area contributed by atoms with E-state index in [0.29, 0.717) is 5.56 Å². The monoisotopic (exact) mass is 393 g/mol. The van der Waals surface area contributed by atoms with E-state index >= 15 is 0 Å². The third-order valence-electron chi connectivity index (χ3n) is 6.11. The molecule has 0 aliphatic carbocycles. The number of carbonyl (C=O) groups is 1. The van der Waals surface area contributed by atoms with E-state index in [1.165, 1.54) is 0 Å². The zero-order valence-corrected chi connectivity index (χ0v) is 18.8. The van der Waals surface area contributed by atoms with Crippen LogP contribution in [0.4, 0.5) is 5.69 Å². The molecule has 29 heavy (non-hydrogen) atoms. The zero-order valence-electron chi connectivity index (χ0n) is 18.8. The molecule has 1 amide bonds. The first-order chi connectivity index (χ1) is 13.3. The molecular formula is C24H32BNO3. The second-order valence-electron chi connectivity index (χ2n) is 9.86. The van der Waals surface area contributed by atoms with Gasteiger partial charge in [0.15, 0.2) is 0 Å². The molecule has 1 saturated heterocycles.